The van der Waals surface area contributed by atoms with Gasteiger partial charge in [-0.25, -0.2) is 4.99 Å². The molecule has 0 aliphatic carbocycles. The molecule has 1 unspecified atom stereocenters. The summed E-state index contributed by atoms with van der Waals surface area (Å²) < 4.78 is 45.0. The van der Waals surface area contributed by atoms with E-state index in [0.717, 1.165) is 29.5 Å². The molecular formula is C26H21ClF3N3O3S. The van der Waals surface area contributed by atoms with Crippen molar-refractivity contribution in [2.75, 3.05) is 12.4 Å². The largest absolute Gasteiger partial charge is 0.495 e. The Labute approximate surface area is 220 Å². The maximum Gasteiger partial charge on any atom is 0.416 e. The number of rotatable bonds is 6. The Balaban J connectivity index is 1.65. The number of hydrogen-bond acceptors (Lipinski definition) is 5. The van der Waals surface area contributed by atoms with Gasteiger partial charge in [-0.2, -0.15) is 13.2 Å². The van der Waals surface area contributed by atoms with Crippen LogP contribution in [0.2, 0.25) is 5.02 Å². The predicted octanol–water partition coefficient (Wildman–Crippen LogP) is 6.53. The van der Waals surface area contributed by atoms with Gasteiger partial charge in [0, 0.05) is 11.4 Å². The van der Waals surface area contributed by atoms with Crippen LogP contribution in [0.5, 0.6) is 5.75 Å². The number of amidine groups is 1. The zero-order valence-corrected chi connectivity index (χ0v) is 21.0. The molecule has 0 saturated carbocycles. The summed E-state index contributed by atoms with van der Waals surface area (Å²) in [6.45, 7) is 0.113. The number of benzene rings is 3. The number of nitrogens with zero attached hydrogens (tertiary/aromatic N) is 2. The highest BCUT2D eigenvalue weighted by Crippen LogP contribution is 2.35. The number of carbonyl (C=O) groups is 2. The highest BCUT2D eigenvalue weighted by atomic mass is 35.5. The number of anilines is 1. The van der Waals surface area contributed by atoms with Gasteiger partial charge in [0.25, 0.3) is 0 Å². The summed E-state index contributed by atoms with van der Waals surface area (Å²) in [4.78, 5) is 32.0. The van der Waals surface area contributed by atoms with E-state index in [1.807, 2.05) is 0 Å². The van der Waals surface area contributed by atoms with Gasteiger partial charge in [-0.3, -0.25) is 14.5 Å². The van der Waals surface area contributed by atoms with Crippen LogP contribution in [0.25, 0.3) is 0 Å². The molecule has 1 atom stereocenters. The molecule has 3 aromatic rings. The Kier molecular flexibility index (Phi) is 8.09. The van der Waals surface area contributed by atoms with Crippen LogP contribution in [0, 0.1) is 0 Å². The fourth-order valence-electron chi connectivity index (χ4n) is 3.59. The summed E-state index contributed by atoms with van der Waals surface area (Å²) in [5.74, 6) is -0.393. The second kappa shape index (κ2) is 11.3. The van der Waals surface area contributed by atoms with Gasteiger partial charge < -0.3 is 10.1 Å². The first kappa shape index (κ1) is 26.6. The zero-order chi connectivity index (χ0) is 26.6. The van der Waals surface area contributed by atoms with Crippen LogP contribution < -0.4 is 10.1 Å². The van der Waals surface area contributed by atoms with Crippen molar-refractivity contribution < 1.29 is 27.5 Å². The monoisotopic (exact) mass is 547 g/mol. The molecule has 0 spiro atoms. The molecule has 0 aromatic heterocycles. The van der Waals surface area contributed by atoms with E-state index in [2.05, 4.69) is 10.3 Å². The number of hydrogen-bond donors (Lipinski definition) is 1. The van der Waals surface area contributed by atoms with Gasteiger partial charge in [-0.05, 0) is 48.0 Å². The molecule has 37 heavy (non-hydrogen) atoms. The van der Waals surface area contributed by atoms with E-state index < -0.39 is 22.9 Å². The summed E-state index contributed by atoms with van der Waals surface area (Å²) in [5.41, 5.74) is 0.322. The molecule has 4 rings (SSSR count). The average Bonchev–Trinajstić information content (AvgIpc) is 2.87. The van der Waals surface area contributed by atoms with E-state index in [4.69, 9.17) is 16.3 Å². The lowest BCUT2D eigenvalue weighted by molar-refractivity contribution is -0.137. The zero-order valence-electron chi connectivity index (χ0n) is 19.5. The van der Waals surface area contributed by atoms with E-state index in [-0.39, 0.29) is 29.7 Å². The van der Waals surface area contributed by atoms with Gasteiger partial charge >= 0.3 is 6.18 Å². The van der Waals surface area contributed by atoms with Crippen LogP contribution >= 0.6 is 23.4 Å². The first-order chi connectivity index (χ1) is 17.6. The summed E-state index contributed by atoms with van der Waals surface area (Å²) in [6, 6.07) is 18.1. The van der Waals surface area contributed by atoms with Crippen molar-refractivity contribution in [3.05, 3.63) is 88.9 Å². The maximum atomic E-state index is 13.2. The van der Waals surface area contributed by atoms with Crippen molar-refractivity contribution in [1.29, 1.82) is 0 Å². The Bertz CT molecular complexity index is 1330. The van der Waals surface area contributed by atoms with Gasteiger partial charge in [-0.1, -0.05) is 53.7 Å². The number of alkyl halides is 3. The normalized spacial score (nSPS) is 17.1. The number of aliphatic imine (C=N–C) groups is 1. The number of carbonyl (C=O) groups excluding carboxylic acids is 2. The second-order valence-corrected chi connectivity index (χ2v) is 9.66. The number of thioether (sulfide) groups is 1. The van der Waals surface area contributed by atoms with E-state index in [1.54, 1.807) is 48.5 Å². The number of para-hydroxylation sites is 2. The fraction of sp³-hybridized carbons (Fsp3) is 0.192. The lowest BCUT2D eigenvalue weighted by Crippen LogP contribution is -2.44. The smallest absolute Gasteiger partial charge is 0.416 e. The van der Waals surface area contributed by atoms with Crippen molar-refractivity contribution in [2.45, 2.75) is 24.4 Å². The minimum Gasteiger partial charge on any atom is -0.495 e. The van der Waals surface area contributed by atoms with Crippen molar-refractivity contribution in [3.8, 4) is 5.75 Å². The lowest BCUT2D eigenvalue weighted by atomic mass is 10.2. The summed E-state index contributed by atoms with van der Waals surface area (Å²) >= 11 is 6.97. The van der Waals surface area contributed by atoms with Crippen molar-refractivity contribution in [1.82, 2.24) is 4.90 Å². The molecule has 11 heteroatoms. The van der Waals surface area contributed by atoms with Gasteiger partial charge in [0.05, 0.1) is 30.6 Å². The standard InChI is InChI=1S/C26H21ClF3N3O3S/c1-36-21-8-3-2-7-20(21)32-24(35)22-14-23(34)33(15-16-9-11-18(27)12-10-16)25(37-22)31-19-6-4-5-17(13-19)26(28,29)30/h2-13,22H,14-15H2,1H3,(H,32,35). The molecule has 1 heterocycles. The summed E-state index contributed by atoms with van der Waals surface area (Å²) in [5, 5.41) is 2.54. The van der Waals surface area contributed by atoms with Crippen molar-refractivity contribution >= 4 is 51.7 Å². The molecule has 2 amide bonds. The number of halogens is 4. The molecule has 0 bridgehead atoms. The molecule has 0 radical (unpaired) electrons. The quantitative estimate of drug-likeness (QED) is 0.381. The highest BCUT2D eigenvalue weighted by molar-refractivity contribution is 8.15. The molecule has 1 aliphatic rings. The minimum atomic E-state index is -4.55. The Morgan fingerprint density at radius 1 is 1.14 bits per heavy atom. The highest BCUT2D eigenvalue weighted by Gasteiger charge is 2.36. The van der Waals surface area contributed by atoms with Crippen molar-refractivity contribution in [3.63, 3.8) is 0 Å². The van der Waals surface area contributed by atoms with Crippen molar-refractivity contribution in [2.24, 2.45) is 4.99 Å². The number of nitrogens with one attached hydrogen (secondary N) is 1. The average molecular weight is 548 g/mol. The van der Waals surface area contributed by atoms with Crippen LogP contribution in [0.4, 0.5) is 24.5 Å². The molecular weight excluding hydrogens is 527 g/mol. The SMILES string of the molecule is COc1ccccc1NC(=O)C1CC(=O)N(Cc2ccc(Cl)cc2)C(=Nc2cccc(C(F)(F)F)c2)S1. The van der Waals surface area contributed by atoms with E-state index in [0.29, 0.717) is 16.5 Å². The van der Waals surface area contributed by atoms with Gasteiger partial charge in [0.1, 0.15) is 11.0 Å². The first-order valence-electron chi connectivity index (χ1n) is 11.1. The second-order valence-electron chi connectivity index (χ2n) is 8.05. The molecule has 6 nitrogen and oxygen atoms in total. The topological polar surface area (TPSA) is 71.0 Å². The fourth-order valence-corrected chi connectivity index (χ4v) is 4.82. The molecule has 1 N–H and O–H groups in total. The van der Waals surface area contributed by atoms with Gasteiger partial charge in [0.2, 0.25) is 11.8 Å². The lowest BCUT2D eigenvalue weighted by Gasteiger charge is -2.32. The Morgan fingerprint density at radius 2 is 1.86 bits per heavy atom. The number of ether oxygens (including phenoxy) is 1. The molecule has 1 saturated heterocycles. The van der Waals surface area contributed by atoms with Gasteiger partial charge in [-0.15, -0.1) is 0 Å². The van der Waals surface area contributed by atoms with Crippen LogP contribution in [-0.2, 0) is 22.3 Å². The first-order valence-corrected chi connectivity index (χ1v) is 12.3. The number of methoxy groups -OCH3 is 1. The molecule has 192 valence electrons. The van der Waals surface area contributed by atoms with Gasteiger partial charge in [0.15, 0.2) is 5.17 Å². The van der Waals surface area contributed by atoms with E-state index in [1.165, 1.54) is 24.1 Å². The minimum absolute atomic E-state index is 0.0111. The molecule has 3 aromatic carbocycles. The summed E-state index contributed by atoms with van der Waals surface area (Å²) in [7, 11) is 1.47. The van der Waals surface area contributed by atoms with Crippen LogP contribution in [-0.4, -0.2) is 34.2 Å². The van der Waals surface area contributed by atoms with E-state index in [9.17, 15) is 22.8 Å². The number of amides is 2. The maximum absolute atomic E-state index is 13.2. The third kappa shape index (κ3) is 6.64. The van der Waals surface area contributed by atoms with E-state index >= 15 is 0 Å². The third-order valence-electron chi connectivity index (χ3n) is 5.45. The predicted molar refractivity (Wildman–Crippen MR) is 138 cm³/mol. The molecule has 1 aliphatic heterocycles. The summed E-state index contributed by atoms with van der Waals surface area (Å²) in [6.07, 6.45) is -4.67. The Morgan fingerprint density at radius 3 is 2.57 bits per heavy atom. The van der Waals surface area contributed by atoms with Crippen LogP contribution in [0.1, 0.15) is 17.5 Å². The van der Waals surface area contributed by atoms with Crippen LogP contribution in [0.3, 0.4) is 0 Å². The molecule has 1 fully saturated rings. The Hall–Kier alpha value is -3.50. The van der Waals surface area contributed by atoms with Crippen LogP contribution in [0.15, 0.2) is 77.8 Å². The third-order valence-corrected chi connectivity index (χ3v) is 6.89.